The van der Waals surface area contributed by atoms with Gasteiger partial charge in [0.05, 0.1) is 5.69 Å². The van der Waals surface area contributed by atoms with Crippen LogP contribution in [0.4, 0.5) is 0 Å². The summed E-state index contributed by atoms with van der Waals surface area (Å²) in [6, 6.07) is 0. The SMILES string of the molecule is CN(C)S(=O)(=O)n1cnc(C2=CCNCC2)c1. The van der Waals surface area contributed by atoms with Crippen LogP contribution in [0, 0.1) is 0 Å². The molecule has 0 atom stereocenters. The summed E-state index contributed by atoms with van der Waals surface area (Å²) < 4.78 is 26.0. The smallest absolute Gasteiger partial charge is 0.308 e. The highest BCUT2D eigenvalue weighted by Crippen LogP contribution is 2.18. The molecule has 0 fully saturated rings. The second kappa shape index (κ2) is 4.59. The van der Waals surface area contributed by atoms with Crippen LogP contribution in [0.3, 0.4) is 0 Å². The molecule has 0 aliphatic carbocycles. The van der Waals surface area contributed by atoms with Crippen molar-refractivity contribution in [2.24, 2.45) is 0 Å². The van der Waals surface area contributed by atoms with Gasteiger partial charge in [-0.15, -0.1) is 0 Å². The summed E-state index contributed by atoms with van der Waals surface area (Å²) in [6.45, 7) is 1.71. The largest absolute Gasteiger partial charge is 0.313 e. The van der Waals surface area contributed by atoms with Gasteiger partial charge < -0.3 is 5.32 Å². The molecule has 2 rings (SSSR count). The van der Waals surface area contributed by atoms with Gasteiger partial charge in [-0.2, -0.15) is 12.7 Å². The maximum Gasteiger partial charge on any atom is 0.308 e. The highest BCUT2D eigenvalue weighted by atomic mass is 32.2. The van der Waals surface area contributed by atoms with E-state index in [-0.39, 0.29) is 0 Å². The lowest BCUT2D eigenvalue weighted by atomic mass is 10.1. The molecule has 0 amide bonds. The van der Waals surface area contributed by atoms with Crippen LogP contribution in [0.2, 0.25) is 0 Å². The second-order valence-electron chi connectivity index (χ2n) is 4.06. The molecular weight excluding hydrogens is 240 g/mol. The van der Waals surface area contributed by atoms with Crippen molar-refractivity contribution in [3.8, 4) is 0 Å². The van der Waals surface area contributed by atoms with Crippen LogP contribution >= 0.6 is 0 Å². The first-order valence-electron chi connectivity index (χ1n) is 5.39. The predicted octanol–water partition coefficient (Wildman–Crippen LogP) is -0.0857. The van der Waals surface area contributed by atoms with Gasteiger partial charge in [0.2, 0.25) is 0 Å². The zero-order valence-electron chi connectivity index (χ0n) is 9.92. The minimum absolute atomic E-state index is 0.733. The highest BCUT2D eigenvalue weighted by Gasteiger charge is 2.18. The van der Waals surface area contributed by atoms with Crippen LogP contribution in [-0.2, 0) is 10.2 Å². The van der Waals surface area contributed by atoms with Gasteiger partial charge >= 0.3 is 10.2 Å². The lowest BCUT2D eigenvalue weighted by molar-refractivity contribution is 0.510. The normalized spacial score (nSPS) is 17.2. The van der Waals surface area contributed by atoms with Crippen molar-refractivity contribution < 1.29 is 8.42 Å². The third-order valence-corrected chi connectivity index (χ3v) is 4.34. The van der Waals surface area contributed by atoms with Crippen molar-refractivity contribution in [1.29, 1.82) is 0 Å². The maximum absolute atomic E-state index is 11.8. The minimum atomic E-state index is -3.45. The number of nitrogens with one attached hydrogen (secondary N) is 1. The Kier molecular flexibility index (Phi) is 3.32. The first-order valence-corrected chi connectivity index (χ1v) is 6.78. The molecule has 2 heterocycles. The van der Waals surface area contributed by atoms with Gasteiger partial charge in [-0.3, -0.25) is 0 Å². The van der Waals surface area contributed by atoms with Gasteiger partial charge in [0.1, 0.15) is 6.33 Å². The lowest BCUT2D eigenvalue weighted by Gasteiger charge is -2.12. The number of imidazole rings is 1. The van der Waals surface area contributed by atoms with Gasteiger partial charge in [-0.05, 0) is 18.5 Å². The summed E-state index contributed by atoms with van der Waals surface area (Å²) in [6.07, 6.45) is 5.82. The third-order valence-electron chi connectivity index (χ3n) is 2.68. The van der Waals surface area contributed by atoms with Crippen LogP contribution in [0.5, 0.6) is 0 Å². The Labute approximate surface area is 101 Å². The second-order valence-corrected chi connectivity index (χ2v) is 6.11. The minimum Gasteiger partial charge on any atom is -0.313 e. The lowest BCUT2D eigenvalue weighted by Crippen LogP contribution is -2.27. The molecule has 7 heteroatoms. The molecule has 1 aromatic rings. The summed E-state index contributed by atoms with van der Waals surface area (Å²) in [5, 5.41) is 3.20. The number of rotatable bonds is 3. The maximum atomic E-state index is 11.8. The Balaban J connectivity index is 2.31. The average molecular weight is 256 g/mol. The molecule has 6 nitrogen and oxygen atoms in total. The Morgan fingerprint density at radius 1 is 1.47 bits per heavy atom. The molecule has 0 radical (unpaired) electrons. The molecule has 0 saturated heterocycles. The van der Waals surface area contributed by atoms with E-state index in [0.717, 1.165) is 39.1 Å². The van der Waals surface area contributed by atoms with E-state index in [1.165, 1.54) is 20.4 Å². The fraction of sp³-hybridized carbons (Fsp3) is 0.500. The van der Waals surface area contributed by atoms with E-state index in [9.17, 15) is 8.42 Å². The standard InChI is InChI=1S/C10H16N4O2S/c1-13(2)17(15,16)14-7-10(12-8-14)9-3-5-11-6-4-9/h3,7-8,11H,4-6H2,1-2H3. The summed E-state index contributed by atoms with van der Waals surface area (Å²) >= 11 is 0. The Hall–Kier alpha value is -1.18. The molecule has 1 N–H and O–H groups in total. The fourth-order valence-electron chi connectivity index (χ4n) is 1.64. The Morgan fingerprint density at radius 3 is 2.82 bits per heavy atom. The van der Waals surface area contributed by atoms with E-state index in [2.05, 4.69) is 10.3 Å². The molecule has 1 aliphatic heterocycles. The fourth-order valence-corrected chi connectivity index (χ4v) is 2.42. The summed E-state index contributed by atoms with van der Waals surface area (Å²) in [7, 11) is -0.452. The van der Waals surface area contributed by atoms with Gasteiger partial charge in [0, 0.05) is 26.8 Å². The van der Waals surface area contributed by atoms with Crippen molar-refractivity contribution in [1.82, 2.24) is 18.6 Å². The van der Waals surface area contributed by atoms with Crippen molar-refractivity contribution in [2.45, 2.75) is 6.42 Å². The van der Waals surface area contributed by atoms with Gasteiger partial charge in [0.25, 0.3) is 0 Å². The molecule has 0 bridgehead atoms. The number of nitrogens with zero attached hydrogens (tertiary/aromatic N) is 3. The summed E-state index contributed by atoms with van der Waals surface area (Å²) in [4.78, 5) is 4.15. The van der Waals surface area contributed by atoms with Crippen molar-refractivity contribution in [2.75, 3.05) is 27.2 Å². The van der Waals surface area contributed by atoms with Crippen LogP contribution in [-0.4, -0.2) is 48.9 Å². The molecule has 0 saturated carbocycles. The van der Waals surface area contributed by atoms with Crippen LogP contribution < -0.4 is 5.32 Å². The zero-order chi connectivity index (χ0) is 12.5. The van der Waals surface area contributed by atoms with Crippen LogP contribution in [0.1, 0.15) is 12.1 Å². The molecule has 1 aliphatic rings. The molecule has 0 unspecified atom stereocenters. The van der Waals surface area contributed by atoms with Gasteiger partial charge in [-0.1, -0.05) is 6.08 Å². The van der Waals surface area contributed by atoms with Crippen molar-refractivity contribution >= 4 is 15.8 Å². The molecule has 94 valence electrons. The quantitative estimate of drug-likeness (QED) is 0.821. The van der Waals surface area contributed by atoms with Crippen LogP contribution in [0.15, 0.2) is 18.6 Å². The Morgan fingerprint density at radius 2 is 2.24 bits per heavy atom. The van der Waals surface area contributed by atoms with E-state index in [0.29, 0.717) is 0 Å². The van der Waals surface area contributed by atoms with E-state index in [4.69, 9.17) is 0 Å². The van der Waals surface area contributed by atoms with Gasteiger partial charge in [0.15, 0.2) is 0 Å². The van der Waals surface area contributed by atoms with E-state index < -0.39 is 10.2 Å². The van der Waals surface area contributed by atoms with E-state index >= 15 is 0 Å². The zero-order valence-corrected chi connectivity index (χ0v) is 10.7. The number of aromatic nitrogens is 2. The summed E-state index contributed by atoms with van der Waals surface area (Å²) in [5.41, 5.74) is 1.83. The molecule has 0 spiro atoms. The predicted molar refractivity (Wildman–Crippen MR) is 65.7 cm³/mol. The Bertz CT molecular complexity index is 530. The molecule has 0 aromatic carbocycles. The highest BCUT2D eigenvalue weighted by molar-refractivity contribution is 7.87. The van der Waals surface area contributed by atoms with Gasteiger partial charge in [-0.25, -0.2) is 8.96 Å². The monoisotopic (exact) mass is 256 g/mol. The molecule has 1 aromatic heterocycles. The molecular formula is C10H16N4O2S. The van der Waals surface area contributed by atoms with E-state index in [1.54, 1.807) is 6.20 Å². The van der Waals surface area contributed by atoms with Crippen molar-refractivity contribution in [3.63, 3.8) is 0 Å². The van der Waals surface area contributed by atoms with Crippen LogP contribution in [0.25, 0.3) is 5.57 Å². The van der Waals surface area contributed by atoms with Crippen molar-refractivity contribution in [3.05, 3.63) is 24.3 Å². The number of hydrogen-bond acceptors (Lipinski definition) is 4. The third kappa shape index (κ3) is 2.41. The van der Waals surface area contributed by atoms with E-state index in [1.807, 2.05) is 6.08 Å². The topological polar surface area (TPSA) is 67.2 Å². The molecule has 17 heavy (non-hydrogen) atoms. The average Bonchev–Trinajstić information content (AvgIpc) is 2.80. The summed E-state index contributed by atoms with van der Waals surface area (Å²) in [5.74, 6) is 0. The number of hydrogen-bond donors (Lipinski definition) is 1. The first kappa shape index (κ1) is 12.3. The first-order chi connectivity index (χ1) is 8.01.